The van der Waals surface area contributed by atoms with Crippen LogP contribution < -0.4 is 0 Å². The molecule has 8 aromatic carbocycles. The molecule has 0 spiro atoms. The van der Waals surface area contributed by atoms with E-state index in [2.05, 4.69) is 191 Å². The van der Waals surface area contributed by atoms with Crippen LogP contribution in [-0.2, 0) is 0 Å². The molecule has 2 nitrogen and oxygen atoms in total. The summed E-state index contributed by atoms with van der Waals surface area (Å²) in [5.74, 6) is 0. The van der Waals surface area contributed by atoms with Crippen molar-refractivity contribution in [1.29, 1.82) is 0 Å². The number of fused-ring (bicyclic) bond motifs is 10. The first-order valence-corrected chi connectivity index (χ1v) is 18.3. The van der Waals surface area contributed by atoms with Crippen molar-refractivity contribution in [2.24, 2.45) is 0 Å². The van der Waals surface area contributed by atoms with Crippen LogP contribution in [0, 0.1) is 0 Å². The number of aromatic nitrogens is 2. The molecule has 238 valence electrons. The fraction of sp³-hybridized carbons (Fsp3) is 0. The molecule has 0 N–H and O–H groups in total. The lowest BCUT2D eigenvalue weighted by molar-refractivity contribution is 1.15. The first-order valence-electron chi connectivity index (χ1n) is 17.4. The van der Waals surface area contributed by atoms with Crippen molar-refractivity contribution in [3.63, 3.8) is 0 Å². The molecule has 51 heavy (non-hydrogen) atoms. The maximum atomic E-state index is 2.48. The average molecular weight is 667 g/mol. The highest BCUT2D eigenvalue weighted by Gasteiger charge is 2.21. The summed E-state index contributed by atoms with van der Waals surface area (Å²) in [4.78, 5) is 0. The molecule has 11 rings (SSSR count). The fourth-order valence-corrected chi connectivity index (χ4v) is 9.47. The Morgan fingerprint density at radius 1 is 0.314 bits per heavy atom. The van der Waals surface area contributed by atoms with Gasteiger partial charge in [-0.05, 0) is 64.7 Å². The number of benzene rings is 8. The quantitative estimate of drug-likeness (QED) is 0.177. The highest BCUT2D eigenvalue weighted by atomic mass is 32.1. The summed E-state index contributed by atoms with van der Waals surface area (Å²) in [6, 6.07) is 66.6. The Labute approximate surface area is 298 Å². The van der Waals surface area contributed by atoms with Crippen molar-refractivity contribution in [2.75, 3.05) is 0 Å². The average Bonchev–Trinajstić information content (AvgIpc) is 3.86. The number of rotatable bonds is 4. The summed E-state index contributed by atoms with van der Waals surface area (Å²) in [6.45, 7) is 0. The molecular weight excluding hydrogens is 637 g/mol. The van der Waals surface area contributed by atoms with Crippen molar-refractivity contribution in [3.05, 3.63) is 182 Å². The van der Waals surface area contributed by atoms with Gasteiger partial charge in [-0.25, -0.2) is 0 Å². The van der Waals surface area contributed by atoms with Gasteiger partial charge in [-0.3, -0.25) is 0 Å². The fourth-order valence-electron chi connectivity index (χ4n) is 8.24. The normalized spacial score (nSPS) is 11.9. The molecule has 3 heteroatoms. The second kappa shape index (κ2) is 11.0. The van der Waals surface area contributed by atoms with E-state index < -0.39 is 0 Å². The van der Waals surface area contributed by atoms with E-state index in [1.807, 2.05) is 11.3 Å². The Bertz CT molecular complexity index is 3100. The molecular formula is C48H30N2S. The second-order valence-corrected chi connectivity index (χ2v) is 14.4. The zero-order valence-corrected chi connectivity index (χ0v) is 28.4. The van der Waals surface area contributed by atoms with E-state index in [4.69, 9.17) is 0 Å². The maximum absolute atomic E-state index is 2.48. The predicted molar refractivity (Wildman–Crippen MR) is 219 cm³/mol. The van der Waals surface area contributed by atoms with Crippen LogP contribution in [0.1, 0.15) is 0 Å². The third kappa shape index (κ3) is 4.22. The lowest BCUT2D eigenvalue weighted by Crippen LogP contribution is -1.98. The van der Waals surface area contributed by atoms with Gasteiger partial charge in [0.25, 0.3) is 0 Å². The molecule has 0 unspecified atom stereocenters. The number of thiophene rings is 1. The van der Waals surface area contributed by atoms with E-state index in [-0.39, 0.29) is 0 Å². The Balaban J connectivity index is 1.16. The molecule has 0 fully saturated rings. The van der Waals surface area contributed by atoms with Crippen molar-refractivity contribution >= 4 is 75.1 Å². The molecule has 0 radical (unpaired) electrons. The second-order valence-electron chi connectivity index (χ2n) is 13.3. The van der Waals surface area contributed by atoms with Crippen molar-refractivity contribution in [3.8, 4) is 33.6 Å². The Morgan fingerprint density at radius 2 is 0.804 bits per heavy atom. The van der Waals surface area contributed by atoms with Crippen LogP contribution in [0.4, 0.5) is 0 Å². The molecule has 0 atom stereocenters. The summed E-state index contributed by atoms with van der Waals surface area (Å²) in [5.41, 5.74) is 12.1. The third-order valence-corrected chi connectivity index (χ3v) is 11.8. The Hall–Kier alpha value is -6.42. The topological polar surface area (TPSA) is 9.86 Å². The van der Waals surface area contributed by atoms with Gasteiger partial charge in [-0.2, -0.15) is 0 Å². The van der Waals surface area contributed by atoms with Crippen LogP contribution in [0.5, 0.6) is 0 Å². The first kappa shape index (κ1) is 28.4. The van der Waals surface area contributed by atoms with E-state index in [1.165, 1.54) is 86.0 Å². The molecule has 0 saturated carbocycles. The lowest BCUT2D eigenvalue weighted by atomic mass is 10.0. The van der Waals surface area contributed by atoms with Gasteiger partial charge < -0.3 is 9.13 Å². The highest BCUT2D eigenvalue weighted by Crippen LogP contribution is 2.43. The van der Waals surface area contributed by atoms with Crippen molar-refractivity contribution < 1.29 is 0 Å². The molecule has 0 aliphatic rings. The van der Waals surface area contributed by atoms with Crippen LogP contribution in [0.15, 0.2) is 182 Å². The molecule has 0 amide bonds. The van der Waals surface area contributed by atoms with Gasteiger partial charge >= 0.3 is 0 Å². The van der Waals surface area contributed by atoms with Crippen molar-refractivity contribution in [2.45, 2.75) is 0 Å². The van der Waals surface area contributed by atoms with E-state index in [0.29, 0.717) is 0 Å². The standard InChI is InChI=1S/C48H30N2S/c1-2-11-31(12-3-1)32-21-25-34(26-22-32)49-43-18-7-4-13-37(43)40-29-30-41-38-14-5-8-19-44(38)50(47(41)46(40)49)35-27-23-33(24-28-35)36-16-10-17-42-39-15-6-9-20-45(39)51-48(36)42/h1-30H. The lowest BCUT2D eigenvalue weighted by Gasteiger charge is -2.14. The summed E-state index contributed by atoms with van der Waals surface area (Å²) in [6.07, 6.45) is 0. The van der Waals surface area contributed by atoms with Crippen LogP contribution in [0.3, 0.4) is 0 Å². The van der Waals surface area contributed by atoms with Gasteiger partial charge in [0.2, 0.25) is 0 Å². The summed E-state index contributed by atoms with van der Waals surface area (Å²) >= 11 is 1.88. The monoisotopic (exact) mass is 666 g/mol. The minimum absolute atomic E-state index is 1.15. The van der Waals surface area contributed by atoms with Crippen molar-refractivity contribution in [1.82, 2.24) is 9.13 Å². The van der Waals surface area contributed by atoms with Gasteiger partial charge in [0.15, 0.2) is 0 Å². The minimum Gasteiger partial charge on any atom is -0.307 e. The van der Waals surface area contributed by atoms with Crippen LogP contribution in [0.2, 0.25) is 0 Å². The van der Waals surface area contributed by atoms with Gasteiger partial charge in [-0.15, -0.1) is 11.3 Å². The maximum Gasteiger partial charge on any atom is 0.0788 e. The van der Waals surface area contributed by atoms with Gasteiger partial charge in [0.1, 0.15) is 0 Å². The molecule has 0 saturated heterocycles. The van der Waals surface area contributed by atoms with Gasteiger partial charge in [0.05, 0.1) is 22.1 Å². The first-order chi connectivity index (χ1) is 25.3. The summed E-state index contributed by atoms with van der Waals surface area (Å²) in [7, 11) is 0. The van der Waals surface area contributed by atoms with Crippen LogP contribution >= 0.6 is 11.3 Å². The molecule has 11 aromatic rings. The minimum atomic E-state index is 1.15. The molecule has 0 aliphatic carbocycles. The molecule has 0 aliphatic heterocycles. The largest absolute Gasteiger partial charge is 0.307 e. The Kier molecular flexibility index (Phi) is 6.16. The van der Waals surface area contributed by atoms with E-state index in [9.17, 15) is 0 Å². The number of hydrogen-bond acceptors (Lipinski definition) is 1. The number of hydrogen-bond donors (Lipinski definition) is 0. The molecule has 0 bridgehead atoms. The highest BCUT2D eigenvalue weighted by molar-refractivity contribution is 7.26. The van der Waals surface area contributed by atoms with Gasteiger partial charge in [-0.1, -0.05) is 140 Å². The number of para-hydroxylation sites is 2. The van der Waals surface area contributed by atoms with Gasteiger partial charge in [0, 0.05) is 53.1 Å². The van der Waals surface area contributed by atoms with Crippen LogP contribution in [-0.4, -0.2) is 9.13 Å². The van der Waals surface area contributed by atoms with E-state index in [0.717, 1.165) is 11.4 Å². The third-order valence-electron chi connectivity index (χ3n) is 10.5. The SMILES string of the molecule is c1ccc(-c2ccc(-n3c4ccccc4c4ccc5c6ccccc6n(-c6ccc(-c7cccc8c7sc7ccccc78)cc6)c5c43)cc2)cc1. The zero-order chi connectivity index (χ0) is 33.5. The predicted octanol–water partition coefficient (Wildman–Crippen LogP) is 13.6. The van der Waals surface area contributed by atoms with E-state index in [1.54, 1.807) is 0 Å². The number of nitrogens with zero attached hydrogens (tertiary/aromatic N) is 2. The summed E-state index contributed by atoms with van der Waals surface area (Å²) in [5, 5.41) is 7.67. The smallest absolute Gasteiger partial charge is 0.0788 e. The van der Waals surface area contributed by atoms with E-state index >= 15 is 0 Å². The molecule has 3 aromatic heterocycles. The Morgan fingerprint density at radius 3 is 1.43 bits per heavy atom. The molecule has 3 heterocycles. The van der Waals surface area contributed by atoms with Crippen LogP contribution in [0.25, 0.3) is 97.4 Å². The summed E-state index contributed by atoms with van der Waals surface area (Å²) < 4.78 is 7.61. The zero-order valence-electron chi connectivity index (χ0n) is 27.6.